The van der Waals surface area contributed by atoms with Gasteiger partial charge in [-0.3, -0.25) is 9.69 Å². The van der Waals surface area contributed by atoms with E-state index in [1.165, 1.54) is 16.7 Å². The molecule has 2 heterocycles. The molecule has 2 aliphatic heterocycles. The third-order valence-electron chi connectivity index (χ3n) is 8.36. The Bertz CT molecular complexity index is 1370. The number of carboxylic acid groups (broad SMARTS) is 1. The summed E-state index contributed by atoms with van der Waals surface area (Å²) >= 11 is 12.3. The Morgan fingerprint density at radius 2 is 1.79 bits per heavy atom. The number of hydrogen-bond acceptors (Lipinski definition) is 4. The third-order valence-corrected chi connectivity index (χ3v) is 9.10. The summed E-state index contributed by atoms with van der Waals surface area (Å²) in [6, 6.07) is 18.4. The molecule has 39 heavy (non-hydrogen) atoms. The van der Waals surface area contributed by atoms with E-state index < -0.39 is 12.0 Å². The Kier molecular flexibility index (Phi) is 7.49. The van der Waals surface area contributed by atoms with Crippen molar-refractivity contribution >= 4 is 29.2 Å². The summed E-state index contributed by atoms with van der Waals surface area (Å²) in [5.74, 6) is 1.35. The molecule has 0 radical (unpaired) electrons. The number of rotatable bonds is 7. The molecule has 0 spiro atoms. The molecule has 5 nitrogen and oxygen atoms in total. The zero-order valence-electron chi connectivity index (χ0n) is 22.0. The molecule has 0 unspecified atom stereocenters. The van der Waals surface area contributed by atoms with Crippen LogP contribution in [-0.2, 0) is 24.2 Å². The normalized spacial score (nSPS) is 21.7. The zero-order valence-corrected chi connectivity index (χ0v) is 23.5. The van der Waals surface area contributed by atoms with Crippen molar-refractivity contribution in [3.8, 4) is 11.5 Å². The van der Waals surface area contributed by atoms with Crippen molar-refractivity contribution < 1.29 is 19.4 Å². The lowest BCUT2D eigenvalue weighted by molar-refractivity contribution is -0.144. The van der Waals surface area contributed by atoms with E-state index in [1.807, 2.05) is 18.2 Å². The minimum atomic E-state index is -0.724. The molecular weight excluding hydrogens is 533 g/mol. The number of carbonyl (C=O) groups is 1. The molecule has 0 aromatic heterocycles. The summed E-state index contributed by atoms with van der Waals surface area (Å²) in [5.41, 5.74) is 5.85. The van der Waals surface area contributed by atoms with E-state index in [2.05, 4.69) is 48.2 Å². The van der Waals surface area contributed by atoms with Gasteiger partial charge in [0, 0.05) is 12.6 Å². The van der Waals surface area contributed by atoms with Crippen molar-refractivity contribution in [3.63, 3.8) is 0 Å². The second-order valence-corrected chi connectivity index (χ2v) is 11.8. The predicted molar refractivity (Wildman–Crippen MR) is 153 cm³/mol. The van der Waals surface area contributed by atoms with E-state index in [-0.39, 0.29) is 6.10 Å². The van der Waals surface area contributed by atoms with Crippen molar-refractivity contribution in [2.75, 3.05) is 6.61 Å². The Balaban J connectivity index is 1.18. The highest BCUT2D eigenvalue weighted by molar-refractivity contribution is 6.42. The average molecular weight is 567 g/mol. The number of hydrogen-bond donors (Lipinski definition) is 1. The van der Waals surface area contributed by atoms with Gasteiger partial charge in [0.25, 0.3) is 0 Å². The van der Waals surface area contributed by atoms with E-state index in [1.54, 1.807) is 0 Å². The van der Waals surface area contributed by atoms with Gasteiger partial charge < -0.3 is 14.6 Å². The number of fused-ring (bicyclic) bond motifs is 2. The lowest BCUT2D eigenvalue weighted by Crippen LogP contribution is -2.46. The van der Waals surface area contributed by atoms with Gasteiger partial charge in [0.05, 0.1) is 16.7 Å². The zero-order chi connectivity index (χ0) is 27.1. The maximum absolute atomic E-state index is 12.0. The minimum absolute atomic E-state index is 0.106. The molecule has 204 valence electrons. The first-order valence-electron chi connectivity index (χ1n) is 13.9. The lowest BCUT2D eigenvalue weighted by atomic mass is 9.86. The summed E-state index contributed by atoms with van der Waals surface area (Å²) < 4.78 is 12.5. The third kappa shape index (κ3) is 5.63. The van der Waals surface area contributed by atoms with Crippen molar-refractivity contribution in [3.05, 3.63) is 92.5 Å². The monoisotopic (exact) mass is 565 g/mol. The van der Waals surface area contributed by atoms with Crippen LogP contribution >= 0.6 is 23.2 Å². The van der Waals surface area contributed by atoms with Crippen molar-refractivity contribution in [1.82, 2.24) is 4.90 Å². The Hall–Kier alpha value is -2.73. The van der Waals surface area contributed by atoms with Crippen LogP contribution in [-0.4, -0.2) is 34.7 Å². The number of benzene rings is 3. The van der Waals surface area contributed by atoms with Crippen molar-refractivity contribution in [2.24, 2.45) is 0 Å². The summed E-state index contributed by atoms with van der Waals surface area (Å²) in [6.45, 7) is 3.44. The van der Waals surface area contributed by atoms with Gasteiger partial charge in [0.15, 0.2) is 0 Å². The van der Waals surface area contributed by atoms with Gasteiger partial charge >= 0.3 is 5.97 Å². The van der Waals surface area contributed by atoms with Crippen LogP contribution in [0, 0.1) is 0 Å². The molecular formula is C32H33Cl2NO4. The number of halogens is 2. The summed E-state index contributed by atoms with van der Waals surface area (Å²) in [5, 5.41) is 10.9. The molecule has 0 saturated heterocycles. The molecule has 3 aromatic carbocycles. The van der Waals surface area contributed by atoms with Crippen LogP contribution in [0.5, 0.6) is 11.5 Å². The van der Waals surface area contributed by atoms with Gasteiger partial charge in [-0.25, -0.2) is 0 Å². The van der Waals surface area contributed by atoms with Crippen LogP contribution in [0.2, 0.25) is 10.0 Å². The number of nitrogens with zero attached hydrogens (tertiary/aromatic N) is 1. The quantitative estimate of drug-likeness (QED) is 0.319. The fourth-order valence-corrected chi connectivity index (χ4v) is 6.35. The van der Waals surface area contributed by atoms with E-state index in [4.69, 9.17) is 32.7 Å². The predicted octanol–water partition coefficient (Wildman–Crippen LogP) is 7.61. The smallest absolute Gasteiger partial charge is 0.321 e. The van der Waals surface area contributed by atoms with E-state index in [9.17, 15) is 9.90 Å². The molecule has 7 heteroatoms. The van der Waals surface area contributed by atoms with E-state index in [0.29, 0.717) is 41.6 Å². The first kappa shape index (κ1) is 26.5. The van der Waals surface area contributed by atoms with Crippen LogP contribution in [0.25, 0.3) is 0 Å². The van der Waals surface area contributed by atoms with Crippen LogP contribution in [0.3, 0.4) is 0 Å². The molecule has 1 N–H and O–H groups in total. The maximum Gasteiger partial charge on any atom is 0.321 e. The highest BCUT2D eigenvalue weighted by Crippen LogP contribution is 2.40. The second-order valence-electron chi connectivity index (χ2n) is 11.0. The van der Waals surface area contributed by atoms with Crippen LogP contribution in [0.4, 0.5) is 0 Å². The summed E-state index contributed by atoms with van der Waals surface area (Å²) in [4.78, 5) is 14.1. The van der Waals surface area contributed by atoms with Gasteiger partial charge in [-0.05, 0) is 103 Å². The lowest BCUT2D eigenvalue weighted by Gasteiger charge is -2.35. The van der Waals surface area contributed by atoms with Gasteiger partial charge in [-0.15, -0.1) is 0 Å². The highest BCUT2D eigenvalue weighted by Gasteiger charge is 2.40. The van der Waals surface area contributed by atoms with Crippen molar-refractivity contribution in [2.45, 2.75) is 76.1 Å². The topological polar surface area (TPSA) is 59.0 Å². The van der Waals surface area contributed by atoms with Gasteiger partial charge in [-0.1, -0.05) is 54.4 Å². The summed E-state index contributed by atoms with van der Waals surface area (Å²) in [7, 11) is 0. The molecule has 3 aromatic rings. The second kappa shape index (κ2) is 11.0. The molecule has 3 atom stereocenters. The number of ether oxygens (including phenoxy) is 2. The number of carboxylic acids is 1. The summed E-state index contributed by atoms with van der Waals surface area (Å²) in [6.07, 6.45) is 5.27. The highest BCUT2D eigenvalue weighted by atomic mass is 35.5. The molecule has 3 aliphatic rings. The Labute approximate surface area is 239 Å². The van der Waals surface area contributed by atoms with Crippen molar-refractivity contribution in [1.29, 1.82) is 0 Å². The van der Waals surface area contributed by atoms with Crippen LogP contribution in [0.1, 0.15) is 72.4 Å². The Morgan fingerprint density at radius 3 is 2.49 bits per heavy atom. The molecule has 1 saturated carbocycles. The average Bonchev–Trinajstić information content (AvgIpc) is 3.79. The first-order valence-corrected chi connectivity index (χ1v) is 14.6. The molecule has 0 amide bonds. The molecule has 1 aliphatic carbocycles. The van der Waals surface area contributed by atoms with Crippen LogP contribution < -0.4 is 9.47 Å². The minimum Gasteiger partial charge on any atom is -0.493 e. The standard InChI is InChI=1S/C32H33Cl2NO4/c1-2-30(21-5-10-27(33)28(34)15-21)39-26-8-3-19(4-9-26)20-11-12-38-31-17-22-16-29(32(36)37)35(25-6-7-25)18-24(22)14-23(31)13-20/h3-5,8-10,14-15,17,20,25,29-30H,2,6-7,11-13,16,18H2,1H3,(H,36,37)/t20-,29+,30-/m1/s1. The van der Waals surface area contributed by atoms with E-state index >= 15 is 0 Å². The largest absolute Gasteiger partial charge is 0.493 e. The fraction of sp³-hybridized carbons (Fsp3) is 0.406. The Morgan fingerprint density at radius 1 is 1.00 bits per heavy atom. The molecule has 0 bridgehead atoms. The first-order chi connectivity index (χ1) is 18.9. The van der Waals surface area contributed by atoms with Crippen LogP contribution in [0.15, 0.2) is 54.6 Å². The van der Waals surface area contributed by atoms with Gasteiger partial charge in [0.1, 0.15) is 23.6 Å². The molecule has 1 fully saturated rings. The van der Waals surface area contributed by atoms with Gasteiger partial charge in [0.2, 0.25) is 0 Å². The van der Waals surface area contributed by atoms with E-state index in [0.717, 1.165) is 54.7 Å². The SMILES string of the molecule is CC[C@@H](Oc1ccc([C@@H]2CCOc3cc4c(cc3C2)CN(C2CC2)[C@H](C(=O)O)C4)cc1)c1ccc(Cl)c(Cl)c1. The maximum atomic E-state index is 12.0. The molecule has 6 rings (SSSR count). The van der Waals surface area contributed by atoms with Gasteiger partial charge in [-0.2, -0.15) is 0 Å². The fourth-order valence-electron chi connectivity index (χ4n) is 6.05. The number of aliphatic carboxylic acids is 1.